The molecule has 1 saturated carbocycles. The summed E-state index contributed by atoms with van der Waals surface area (Å²) in [7, 11) is 0. The number of benzene rings is 1. The molecule has 2 heteroatoms. The molecule has 1 aliphatic rings. The maximum Gasteiger partial charge on any atom is 0.123 e. The minimum Gasteiger partial charge on any atom is -0.310 e. The lowest BCUT2D eigenvalue weighted by Crippen LogP contribution is -2.24. The minimum atomic E-state index is -0.119. The molecule has 0 bridgehead atoms. The van der Waals surface area contributed by atoms with Gasteiger partial charge in [0, 0.05) is 6.04 Å². The van der Waals surface area contributed by atoms with Crippen molar-refractivity contribution in [3.05, 3.63) is 35.6 Å². The van der Waals surface area contributed by atoms with Crippen molar-refractivity contribution in [2.75, 3.05) is 6.54 Å². The van der Waals surface area contributed by atoms with Crippen LogP contribution in [0.1, 0.15) is 69.9 Å². The third kappa shape index (κ3) is 4.90. The monoisotopic (exact) mass is 277 g/mol. The molecule has 0 amide bonds. The summed E-state index contributed by atoms with van der Waals surface area (Å²) in [5.41, 5.74) is 1.11. The van der Waals surface area contributed by atoms with Gasteiger partial charge >= 0.3 is 0 Å². The third-order valence-corrected chi connectivity index (χ3v) is 4.44. The van der Waals surface area contributed by atoms with Gasteiger partial charge < -0.3 is 5.32 Å². The van der Waals surface area contributed by atoms with E-state index in [4.69, 9.17) is 0 Å². The first-order valence-electron chi connectivity index (χ1n) is 8.28. The van der Waals surface area contributed by atoms with Crippen molar-refractivity contribution in [1.82, 2.24) is 5.32 Å². The maximum atomic E-state index is 13.5. The smallest absolute Gasteiger partial charge is 0.123 e. The van der Waals surface area contributed by atoms with Crippen molar-refractivity contribution < 1.29 is 4.39 Å². The van der Waals surface area contributed by atoms with E-state index < -0.39 is 0 Å². The average molecular weight is 277 g/mol. The molecule has 1 N–H and O–H groups in total. The van der Waals surface area contributed by atoms with E-state index in [0.29, 0.717) is 6.04 Å². The average Bonchev–Trinajstić information content (AvgIpc) is 2.72. The lowest BCUT2D eigenvalue weighted by Gasteiger charge is -2.24. The van der Waals surface area contributed by atoms with E-state index in [1.54, 1.807) is 6.07 Å². The van der Waals surface area contributed by atoms with Gasteiger partial charge in [0.2, 0.25) is 0 Å². The van der Waals surface area contributed by atoms with E-state index in [1.807, 2.05) is 6.07 Å². The molecular weight excluding hydrogens is 249 g/mol. The zero-order chi connectivity index (χ0) is 14.2. The van der Waals surface area contributed by atoms with Gasteiger partial charge in [0.05, 0.1) is 0 Å². The summed E-state index contributed by atoms with van der Waals surface area (Å²) in [4.78, 5) is 0. The molecule has 1 atom stereocenters. The first-order valence-corrected chi connectivity index (χ1v) is 8.28. The number of nitrogens with one attached hydrogen (secondary N) is 1. The van der Waals surface area contributed by atoms with Crippen molar-refractivity contribution >= 4 is 0 Å². The number of halogens is 1. The summed E-state index contributed by atoms with van der Waals surface area (Å²) in [6, 6.07) is 7.44. The molecule has 1 unspecified atom stereocenters. The summed E-state index contributed by atoms with van der Waals surface area (Å²) in [6.45, 7) is 3.19. The molecule has 2 rings (SSSR count). The van der Waals surface area contributed by atoms with Crippen LogP contribution >= 0.6 is 0 Å². The first kappa shape index (κ1) is 15.5. The molecule has 0 aromatic heterocycles. The highest BCUT2D eigenvalue weighted by molar-refractivity contribution is 5.20. The minimum absolute atomic E-state index is 0.119. The van der Waals surface area contributed by atoms with E-state index in [9.17, 15) is 4.39 Å². The topological polar surface area (TPSA) is 12.0 Å². The van der Waals surface area contributed by atoms with Crippen LogP contribution in [0, 0.1) is 11.7 Å². The fourth-order valence-corrected chi connectivity index (χ4v) is 3.31. The molecule has 112 valence electrons. The van der Waals surface area contributed by atoms with Crippen LogP contribution in [0.15, 0.2) is 24.3 Å². The highest BCUT2D eigenvalue weighted by Crippen LogP contribution is 2.31. The van der Waals surface area contributed by atoms with Crippen LogP contribution in [0.3, 0.4) is 0 Å². The number of hydrogen-bond donors (Lipinski definition) is 1. The molecule has 0 aliphatic heterocycles. The van der Waals surface area contributed by atoms with E-state index in [-0.39, 0.29) is 5.82 Å². The molecule has 1 aliphatic carbocycles. The van der Waals surface area contributed by atoms with Gasteiger partial charge in [0.25, 0.3) is 0 Å². The van der Waals surface area contributed by atoms with Crippen LogP contribution in [-0.2, 0) is 0 Å². The van der Waals surface area contributed by atoms with Gasteiger partial charge in [-0.3, -0.25) is 0 Å². The number of hydrogen-bond acceptors (Lipinski definition) is 1. The van der Waals surface area contributed by atoms with E-state index >= 15 is 0 Å². The second-order valence-corrected chi connectivity index (χ2v) is 6.16. The quantitative estimate of drug-likeness (QED) is 0.702. The van der Waals surface area contributed by atoms with Crippen LogP contribution in [0.2, 0.25) is 0 Å². The molecule has 1 aromatic carbocycles. The summed E-state index contributed by atoms with van der Waals surface area (Å²) >= 11 is 0. The Morgan fingerprint density at radius 3 is 2.60 bits per heavy atom. The Morgan fingerprint density at radius 2 is 1.95 bits per heavy atom. The molecule has 0 saturated heterocycles. The van der Waals surface area contributed by atoms with Gasteiger partial charge in [-0.05, 0) is 43.0 Å². The fourth-order valence-electron chi connectivity index (χ4n) is 3.31. The Hall–Kier alpha value is -0.890. The Labute approximate surface area is 123 Å². The van der Waals surface area contributed by atoms with Crippen molar-refractivity contribution in [2.24, 2.45) is 5.92 Å². The van der Waals surface area contributed by atoms with Crippen molar-refractivity contribution in [3.8, 4) is 0 Å². The standard InChI is InChI=1S/C18H28FN/c1-2-12-20-18(16-10-7-11-17(19)14-16)13-15-8-5-3-4-6-9-15/h7,10-11,14-15,18,20H,2-6,8-9,12-13H2,1H3. The maximum absolute atomic E-state index is 13.5. The molecule has 20 heavy (non-hydrogen) atoms. The van der Waals surface area contributed by atoms with Gasteiger partial charge in [0.1, 0.15) is 5.82 Å². The molecule has 1 nitrogen and oxygen atoms in total. The SMILES string of the molecule is CCCNC(CC1CCCCCC1)c1cccc(F)c1. The van der Waals surface area contributed by atoms with Crippen LogP contribution in [-0.4, -0.2) is 6.54 Å². The van der Waals surface area contributed by atoms with Gasteiger partial charge in [-0.25, -0.2) is 4.39 Å². The van der Waals surface area contributed by atoms with Crippen LogP contribution in [0.4, 0.5) is 4.39 Å². The van der Waals surface area contributed by atoms with E-state index in [2.05, 4.69) is 18.3 Å². The first-order chi connectivity index (χ1) is 9.79. The summed E-state index contributed by atoms with van der Waals surface area (Å²) in [5, 5.41) is 3.61. The molecule has 1 fully saturated rings. The number of rotatable bonds is 6. The van der Waals surface area contributed by atoms with E-state index in [1.165, 1.54) is 44.6 Å². The zero-order valence-corrected chi connectivity index (χ0v) is 12.7. The lowest BCUT2D eigenvalue weighted by atomic mass is 9.89. The Kier molecular flexibility index (Phi) is 6.52. The van der Waals surface area contributed by atoms with Crippen LogP contribution in [0.25, 0.3) is 0 Å². The van der Waals surface area contributed by atoms with Crippen molar-refractivity contribution in [1.29, 1.82) is 0 Å². The summed E-state index contributed by atoms with van der Waals surface area (Å²) in [6.07, 6.45) is 10.5. The third-order valence-electron chi connectivity index (χ3n) is 4.44. The lowest BCUT2D eigenvalue weighted by molar-refractivity contribution is 0.355. The second kappa shape index (κ2) is 8.41. The molecule has 1 aromatic rings. The van der Waals surface area contributed by atoms with Crippen LogP contribution in [0.5, 0.6) is 0 Å². The van der Waals surface area contributed by atoms with Gasteiger partial charge in [-0.2, -0.15) is 0 Å². The Morgan fingerprint density at radius 1 is 1.20 bits per heavy atom. The predicted molar refractivity (Wildman–Crippen MR) is 83.2 cm³/mol. The highest BCUT2D eigenvalue weighted by Gasteiger charge is 2.19. The predicted octanol–water partition coefficient (Wildman–Crippen LogP) is 5.23. The van der Waals surface area contributed by atoms with Gasteiger partial charge in [-0.1, -0.05) is 57.6 Å². The summed E-state index contributed by atoms with van der Waals surface area (Å²) < 4.78 is 13.5. The molecule has 0 spiro atoms. The normalized spacial score (nSPS) is 18.7. The fraction of sp³-hybridized carbons (Fsp3) is 0.667. The van der Waals surface area contributed by atoms with Crippen LogP contribution < -0.4 is 5.32 Å². The van der Waals surface area contributed by atoms with Crippen molar-refractivity contribution in [2.45, 2.75) is 64.3 Å². The van der Waals surface area contributed by atoms with E-state index in [0.717, 1.165) is 30.9 Å². The Bertz CT molecular complexity index is 383. The Balaban J connectivity index is 2.02. The second-order valence-electron chi connectivity index (χ2n) is 6.16. The molecular formula is C18H28FN. The molecule has 0 radical (unpaired) electrons. The largest absolute Gasteiger partial charge is 0.310 e. The zero-order valence-electron chi connectivity index (χ0n) is 12.7. The van der Waals surface area contributed by atoms with Crippen molar-refractivity contribution in [3.63, 3.8) is 0 Å². The summed E-state index contributed by atoms with van der Waals surface area (Å²) in [5.74, 6) is 0.682. The molecule has 0 heterocycles. The van der Waals surface area contributed by atoms with Gasteiger partial charge in [-0.15, -0.1) is 0 Å². The highest BCUT2D eigenvalue weighted by atomic mass is 19.1. The van der Waals surface area contributed by atoms with Gasteiger partial charge in [0.15, 0.2) is 0 Å².